The van der Waals surface area contributed by atoms with Gasteiger partial charge in [-0.15, -0.1) is 0 Å². The largest absolute Gasteiger partial charge is 0.496 e. The fourth-order valence-corrected chi connectivity index (χ4v) is 6.04. The van der Waals surface area contributed by atoms with Crippen molar-refractivity contribution in [1.29, 1.82) is 0 Å². The summed E-state index contributed by atoms with van der Waals surface area (Å²) in [5.74, 6) is 3.80. The van der Waals surface area contributed by atoms with Gasteiger partial charge in [0.2, 0.25) is 0 Å². The maximum absolute atomic E-state index is 5.98. The van der Waals surface area contributed by atoms with E-state index in [1.807, 2.05) is 14.2 Å². The number of hydrogen-bond acceptors (Lipinski definition) is 2. The average molecular weight is 399 g/mol. The smallest absolute Gasteiger partial charge is 0.126 e. The fraction of sp³-hybridized carbons (Fsp3) is 0.704. The summed E-state index contributed by atoms with van der Waals surface area (Å²) in [5.41, 5.74) is 4.44. The van der Waals surface area contributed by atoms with Crippen molar-refractivity contribution in [3.63, 3.8) is 0 Å². The molecule has 0 amide bonds. The lowest BCUT2D eigenvalue weighted by Gasteiger charge is -2.61. The van der Waals surface area contributed by atoms with Crippen LogP contribution in [0.25, 0.3) is 0 Å². The molecule has 0 spiro atoms. The number of ether oxygens (including phenoxy) is 2. The van der Waals surface area contributed by atoms with E-state index in [0.29, 0.717) is 23.2 Å². The van der Waals surface area contributed by atoms with Gasteiger partial charge in [-0.3, -0.25) is 0 Å². The highest BCUT2D eigenvalue weighted by Crippen LogP contribution is 2.67. The summed E-state index contributed by atoms with van der Waals surface area (Å²) in [7, 11) is 3.62. The van der Waals surface area contributed by atoms with Crippen molar-refractivity contribution < 1.29 is 9.47 Å². The quantitative estimate of drug-likeness (QED) is 0.314. The third-order valence-electron chi connectivity index (χ3n) is 8.16. The summed E-state index contributed by atoms with van der Waals surface area (Å²) in [6.07, 6.45) is 8.70. The first-order valence-corrected chi connectivity index (χ1v) is 11.6. The van der Waals surface area contributed by atoms with Gasteiger partial charge in [0.15, 0.2) is 0 Å². The van der Waals surface area contributed by atoms with E-state index in [1.54, 1.807) is 0 Å². The van der Waals surface area contributed by atoms with Crippen LogP contribution in [0.2, 0.25) is 0 Å². The van der Waals surface area contributed by atoms with Crippen LogP contribution >= 0.6 is 0 Å². The molecule has 0 heterocycles. The fourth-order valence-electron chi connectivity index (χ4n) is 6.04. The van der Waals surface area contributed by atoms with Crippen LogP contribution in [0.15, 0.2) is 24.3 Å². The molecule has 2 heteroatoms. The van der Waals surface area contributed by atoms with Gasteiger partial charge in [0.25, 0.3) is 0 Å². The Balaban J connectivity index is 1.94. The third kappa shape index (κ3) is 3.97. The topological polar surface area (TPSA) is 18.5 Å². The molecule has 3 atom stereocenters. The lowest BCUT2D eigenvalue weighted by atomic mass is 9.43. The standard InChI is InChI=1S/C27H42O2/c1-9-10-11-12-13-26(3,4)19-15-23(28-7)25(24(16-19)29-8)20-14-18(2)21-17-22(20)27(21,5)6/h15-16,20-22H,2,9-14,17H2,1,3-8H3/t20?,21-,22+/m1/s1. The second kappa shape index (κ2) is 8.36. The summed E-state index contributed by atoms with van der Waals surface area (Å²) in [5, 5.41) is 0. The van der Waals surface area contributed by atoms with Crippen molar-refractivity contribution >= 4 is 0 Å². The number of unbranched alkanes of at least 4 members (excludes halogenated alkanes) is 3. The minimum Gasteiger partial charge on any atom is -0.496 e. The summed E-state index contributed by atoms with van der Waals surface area (Å²) >= 11 is 0. The van der Waals surface area contributed by atoms with Gasteiger partial charge in [-0.2, -0.15) is 0 Å². The monoisotopic (exact) mass is 398 g/mol. The van der Waals surface area contributed by atoms with Gasteiger partial charge in [0.05, 0.1) is 14.2 Å². The number of allylic oxidation sites excluding steroid dienone is 1. The molecule has 1 aromatic rings. The van der Waals surface area contributed by atoms with Crippen LogP contribution in [0.4, 0.5) is 0 Å². The number of fused-ring (bicyclic) bond motifs is 2. The van der Waals surface area contributed by atoms with Crippen molar-refractivity contribution in [2.75, 3.05) is 14.2 Å². The molecule has 3 aliphatic rings. The molecule has 3 aliphatic carbocycles. The highest BCUT2D eigenvalue weighted by molar-refractivity contribution is 5.53. The average Bonchev–Trinajstić information content (AvgIpc) is 2.69. The van der Waals surface area contributed by atoms with Crippen molar-refractivity contribution in [1.82, 2.24) is 0 Å². The maximum Gasteiger partial charge on any atom is 0.126 e. The van der Waals surface area contributed by atoms with Gasteiger partial charge in [0, 0.05) is 5.56 Å². The number of hydrogen-bond donors (Lipinski definition) is 0. The van der Waals surface area contributed by atoms with Gasteiger partial charge >= 0.3 is 0 Å². The van der Waals surface area contributed by atoms with Gasteiger partial charge in [0.1, 0.15) is 11.5 Å². The Morgan fingerprint density at radius 1 is 1.07 bits per heavy atom. The molecule has 0 aromatic heterocycles. The SMILES string of the molecule is C=C1CC(c2c(OC)cc(C(C)(C)CCCCCC)cc2OC)[C@@H]2C[C@H]1C2(C)C. The zero-order valence-corrected chi connectivity index (χ0v) is 19.9. The molecule has 1 unspecified atom stereocenters. The summed E-state index contributed by atoms with van der Waals surface area (Å²) in [4.78, 5) is 0. The van der Waals surface area contributed by atoms with Crippen molar-refractivity contribution in [3.8, 4) is 11.5 Å². The van der Waals surface area contributed by atoms with E-state index in [-0.39, 0.29) is 5.41 Å². The van der Waals surface area contributed by atoms with E-state index in [2.05, 4.69) is 53.3 Å². The molecule has 2 nitrogen and oxygen atoms in total. The molecule has 0 saturated heterocycles. The van der Waals surface area contributed by atoms with Crippen molar-refractivity contribution in [2.45, 2.75) is 90.9 Å². The first kappa shape index (κ1) is 22.2. The normalized spacial score (nSPS) is 25.5. The maximum atomic E-state index is 5.98. The number of rotatable bonds is 9. The molecule has 0 aliphatic heterocycles. The summed E-state index contributed by atoms with van der Waals surface area (Å²) in [6, 6.07) is 4.58. The van der Waals surface area contributed by atoms with Crippen LogP contribution in [0.3, 0.4) is 0 Å². The van der Waals surface area contributed by atoms with Crippen LogP contribution in [0.5, 0.6) is 11.5 Å². The highest BCUT2D eigenvalue weighted by atomic mass is 16.5. The van der Waals surface area contributed by atoms with Crippen LogP contribution in [-0.4, -0.2) is 14.2 Å². The summed E-state index contributed by atoms with van der Waals surface area (Å²) in [6.45, 7) is 16.2. The number of benzene rings is 1. The van der Waals surface area contributed by atoms with Crippen LogP contribution in [0.1, 0.15) is 96.6 Å². The van der Waals surface area contributed by atoms with E-state index in [9.17, 15) is 0 Å². The zero-order chi connectivity index (χ0) is 21.4. The first-order valence-electron chi connectivity index (χ1n) is 11.6. The minimum atomic E-state index is 0.115. The first-order chi connectivity index (χ1) is 13.7. The Kier molecular flexibility index (Phi) is 6.41. The molecule has 2 bridgehead atoms. The molecule has 1 aromatic carbocycles. The molecule has 0 radical (unpaired) electrons. The highest BCUT2D eigenvalue weighted by Gasteiger charge is 2.57. The van der Waals surface area contributed by atoms with E-state index >= 15 is 0 Å². The van der Waals surface area contributed by atoms with Gasteiger partial charge in [-0.1, -0.05) is 72.5 Å². The molecule has 3 fully saturated rings. The Labute approximate surface area is 179 Å². The second-order valence-corrected chi connectivity index (χ2v) is 10.7. The molecule has 3 saturated carbocycles. The van der Waals surface area contributed by atoms with E-state index < -0.39 is 0 Å². The predicted octanol–water partition coefficient (Wildman–Crippen LogP) is 7.66. The zero-order valence-electron chi connectivity index (χ0n) is 19.9. The van der Waals surface area contributed by atoms with E-state index in [1.165, 1.54) is 55.2 Å². The lowest BCUT2D eigenvalue weighted by Crippen LogP contribution is -2.52. The van der Waals surface area contributed by atoms with Crippen LogP contribution in [0, 0.1) is 17.3 Å². The Bertz CT molecular complexity index is 718. The molecule has 0 N–H and O–H groups in total. The van der Waals surface area contributed by atoms with Crippen molar-refractivity contribution in [2.24, 2.45) is 17.3 Å². The second-order valence-electron chi connectivity index (χ2n) is 10.7. The molecule has 29 heavy (non-hydrogen) atoms. The van der Waals surface area contributed by atoms with Gasteiger partial charge < -0.3 is 9.47 Å². The molecule has 4 rings (SSSR count). The Morgan fingerprint density at radius 3 is 2.17 bits per heavy atom. The molecular weight excluding hydrogens is 356 g/mol. The Hall–Kier alpha value is -1.44. The van der Waals surface area contributed by atoms with E-state index in [0.717, 1.165) is 17.9 Å². The minimum absolute atomic E-state index is 0.115. The van der Waals surface area contributed by atoms with Gasteiger partial charge in [-0.05, 0) is 65.5 Å². The van der Waals surface area contributed by atoms with Crippen LogP contribution in [-0.2, 0) is 5.41 Å². The number of methoxy groups -OCH3 is 2. The van der Waals surface area contributed by atoms with Crippen molar-refractivity contribution in [3.05, 3.63) is 35.4 Å². The summed E-state index contributed by atoms with van der Waals surface area (Å²) < 4.78 is 12.0. The third-order valence-corrected chi connectivity index (χ3v) is 8.16. The van der Waals surface area contributed by atoms with Gasteiger partial charge in [-0.25, -0.2) is 0 Å². The van der Waals surface area contributed by atoms with Crippen LogP contribution < -0.4 is 9.47 Å². The predicted molar refractivity (Wildman–Crippen MR) is 123 cm³/mol. The van der Waals surface area contributed by atoms with E-state index in [4.69, 9.17) is 9.47 Å². The molecule has 162 valence electrons. The lowest BCUT2D eigenvalue weighted by molar-refractivity contribution is -0.0444. The molecular formula is C27H42O2. The Morgan fingerprint density at radius 2 is 1.69 bits per heavy atom.